The fraction of sp³-hybridized carbons (Fsp3) is 0. The monoisotopic (exact) mass is 219 g/mol. The Hall–Kier alpha value is -1.82. The van der Waals surface area contributed by atoms with Crippen molar-refractivity contribution in [3.63, 3.8) is 0 Å². The van der Waals surface area contributed by atoms with Gasteiger partial charge in [-0.15, -0.1) is 0 Å². The van der Waals surface area contributed by atoms with E-state index in [0.29, 0.717) is 5.69 Å². The second-order valence-electron chi connectivity index (χ2n) is 2.79. The highest BCUT2D eigenvalue weighted by Crippen LogP contribution is 2.23. The minimum atomic E-state index is -0.0307. The van der Waals surface area contributed by atoms with E-state index in [0.717, 1.165) is 10.1 Å². The summed E-state index contributed by atoms with van der Waals surface area (Å²) in [6.07, 6.45) is 5.08. The van der Waals surface area contributed by atoms with E-state index in [4.69, 9.17) is 11.1 Å². The molecule has 2 aromatic rings. The van der Waals surface area contributed by atoms with Gasteiger partial charge in [0.25, 0.3) is 0 Å². The summed E-state index contributed by atoms with van der Waals surface area (Å²) in [5.74, 6) is -0.0307. The maximum Gasteiger partial charge on any atom is 0.170 e. The van der Waals surface area contributed by atoms with E-state index in [9.17, 15) is 0 Å². The molecule has 76 valence electrons. The van der Waals surface area contributed by atoms with Crippen molar-refractivity contribution in [2.45, 2.75) is 10.1 Å². The standard InChI is InChI=1S/C9H9N5S/c10-8(11)7-5-6(1-2-12-7)15-9-13-3-4-14-9/h1-5H,(H3,10,11)(H,13,14). The van der Waals surface area contributed by atoms with Crippen LogP contribution in [0.1, 0.15) is 5.69 Å². The minimum Gasteiger partial charge on any atom is -0.382 e. The van der Waals surface area contributed by atoms with E-state index in [1.165, 1.54) is 11.8 Å². The number of imidazole rings is 1. The molecule has 0 saturated heterocycles. The normalized spacial score (nSPS) is 10.1. The van der Waals surface area contributed by atoms with Crippen molar-refractivity contribution in [2.24, 2.45) is 5.73 Å². The Morgan fingerprint density at radius 1 is 1.40 bits per heavy atom. The zero-order chi connectivity index (χ0) is 10.7. The number of hydrogen-bond acceptors (Lipinski definition) is 4. The average Bonchev–Trinajstić information content (AvgIpc) is 2.71. The van der Waals surface area contributed by atoms with Gasteiger partial charge in [-0.1, -0.05) is 11.8 Å². The predicted octanol–water partition coefficient (Wildman–Crippen LogP) is 1.24. The summed E-state index contributed by atoms with van der Waals surface area (Å²) in [4.78, 5) is 12.0. The average molecular weight is 219 g/mol. The SMILES string of the molecule is N=C(N)c1cc(Sc2ncc[nH]2)ccn1. The summed E-state index contributed by atoms with van der Waals surface area (Å²) in [6.45, 7) is 0. The van der Waals surface area contributed by atoms with Crippen LogP contribution in [-0.2, 0) is 0 Å². The van der Waals surface area contributed by atoms with Crippen LogP contribution in [0.25, 0.3) is 0 Å². The van der Waals surface area contributed by atoms with E-state index >= 15 is 0 Å². The van der Waals surface area contributed by atoms with Crippen LogP contribution < -0.4 is 5.73 Å². The first-order valence-corrected chi connectivity index (χ1v) is 5.05. The Bertz CT molecular complexity index is 465. The van der Waals surface area contributed by atoms with Gasteiger partial charge in [0.1, 0.15) is 11.5 Å². The summed E-state index contributed by atoms with van der Waals surface area (Å²) in [7, 11) is 0. The molecule has 4 N–H and O–H groups in total. The van der Waals surface area contributed by atoms with Gasteiger partial charge in [-0.2, -0.15) is 0 Å². The molecule has 0 unspecified atom stereocenters. The van der Waals surface area contributed by atoms with Crippen molar-refractivity contribution in [3.8, 4) is 0 Å². The highest BCUT2D eigenvalue weighted by atomic mass is 32.2. The molecule has 0 aliphatic rings. The lowest BCUT2D eigenvalue weighted by Gasteiger charge is -2.00. The molecule has 6 heteroatoms. The number of pyridine rings is 1. The summed E-state index contributed by atoms with van der Waals surface area (Å²) >= 11 is 1.47. The third-order valence-corrected chi connectivity index (χ3v) is 2.60. The molecular formula is C9H9N5S. The molecule has 5 nitrogen and oxygen atoms in total. The van der Waals surface area contributed by atoms with Gasteiger partial charge in [0.15, 0.2) is 5.16 Å². The molecule has 15 heavy (non-hydrogen) atoms. The van der Waals surface area contributed by atoms with Gasteiger partial charge in [-0.3, -0.25) is 10.4 Å². The number of aromatic nitrogens is 3. The Morgan fingerprint density at radius 3 is 2.93 bits per heavy atom. The van der Waals surface area contributed by atoms with Crippen molar-refractivity contribution in [1.29, 1.82) is 5.41 Å². The second kappa shape index (κ2) is 4.14. The van der Waals surface area contributed by atoms with Gasteiger partial charge in [-0.05, 0) is 12.1 Å². The van der Waals surface area contributed by atoms with Gasteiger partial charge in [0.05, 0.1) is 0 Å². The van der Waals surface area contributed by atoms with E-state index in [2.05, 4.69) is 15.0 Å². The molecule has 0 atom stereocenters. The quantitative estimate of drug-likeness (QED) is 0.535. The minimum absolute atomic E-state index is 0.0307. The zero-order valence-corrected chi connectivity index (χ0v) is 8.58. The van der Waals surface area contributed by atoms with Gasteiger partial charge in [0.2, 0.25) is 0 Å². The number of nitrogens with two attached hydrogens (primary N) is 1. The molecule has 2 aromatic heterocycles. The Labute approximate surface area is 90.7 Å². The Morgan fingerprint density at radius 2 is 2.27 bits per heavy atom. The largest absolute Gasteiger partial charge is 0.382 e. The van der Waals surface area contributed by atoms with Crippen LogP contribution in [0.3, 0.4) is 0 Å². The molecule has 2 heterocycles. The number of hydrogen-bond donors (Lipinski definition) is 3. The van der Waals surface area contributed by atoms with Gasteiger partial charge < -0.3 is 10.7 Å². The van der Waals surface area contributed by atoms with E-state index in [1.54, 1.807) is 24.7 Å². The van der Waals surface area contributed by atoms with Crippen LogP contribution in [0.5, 0.6) is 0 Å². The summed E-state index contributed by atoms with van der Waals surface area (Å²) in [5, 5.41) is 8.07. The van der Waals surface area contributed by atoms with Crippen molar-refractivity contribution in [3.05, 3.63) is 36.4 Å². The topological polar surface area (TPSA) is 91.4 Å². The van der Waals surface area contributed by atoms with Gasteiger partial charge in [0, 0.05) is 23.5 Å². The molecular weight excluding hydrogens is 210 g/mol. The lowest BCUT2D eigenvalue weighted by atomic mass is 10.3. The molecule has 0 bridgehead atoms. The number of nitrogens with one attached hydrogen (secondary N) is 2. The number of amidine groups is 1. The van der Waals surface area contributed by atoms with Crippen LogP contribution in [0.2, 0.25) is 0 Å². The highest BCUT2D eigenvalue weighted by molar-refractivity contribution is 7.99. The number of H-pyrrole nitrogens is 1. The number of rotatable bonds is 3. The van der Waals surface area contributed by atoms with Gasteiger partial charge >= 0.3 is 0 Å². The van der Waals surface area contributed by atoms with E-state index in [-0.39, 0.29) is 5.84 Å². The maximum atomic E-state index is 7.26. The van der Waals surface area contributed by atoms with Crippen LogP contribution in [0.15, 0.2) is 40.8 Å². The lowest BCUT2D eigenvalue weighted by molar-refractivity contribution is 1.06. The fourth-order valence-electron chi connectivity index (χ4n) is 1.04. The summed E-state index contributed by atoms with van der Waals surface area (Å²) < 4.78 is 0. The van der Waals surface area contributed by atoms with Crippen molar-refractivity contribution < 1.29 is 0 Å². The molecule has 0 saturated carbocycles. The van der Waals surface area contributed by atoms with Crippen LogP contribution in [-0.4, -0.2) is 20.8 Å². The van der Waals surface area contributed by atoms with Crippen molar-refractivity contribution in [1.82, 2.24) is 15.0 Å². The predicted molar refractivity (Wildman–Crippen MR) is 58.0 cm³/mol. The highest BCUT2D eigenvalue weighted by Gasteiger charge is 2.02. The Kier molecular flexibility index (Phi) is 2.68. The van der Waals surface area contributed by atoms with Crippen LogP contribution >= 0.6 is 11.8 Å². The van der Waals surface area contributed by atoms with Crippen molar-refractivity contribution in [2.75, 3.05) is 0 Å². The molecule has 0 aliphatic heterocycles. The zero-order valence-electron chi connectivity index (χ0n) is 7.77. The number of nitrogen functional groups attached to an aromatic ring is 1. The smallest absolute Gasteiger partial charge is 0.170 e. The first kappa shape index (κ1) is 9.72. The summed E-state index contributed by atoms with van der Waals surface area (Å²) in [6, 6.07) is 3.61. The van der Waals surface area contributed by atoms with Crippen LogP contribution in [0.4, 0.5) is 0 Å². The van der Waals surface area contributed by atoms with Crippen LogP contribution in [0, 0.1) is 5.41 Å². The molecule has 0 amide bonds. The third kappa shape index (κ3) is 2.35. The lowest BCUT2D eigenvalue weighted by Crippen LogP contribution is -2.12. The van der Waals surface area contributed by atoms with Crippen molar-refractivity contribution >= 4 is 17.6 Å². The molecule has 0 spiro atoms. The van der Waals surface area contributed by atoms with Gasteiger partial charge in [-0.25, -0.2) is 4.98 Å². The Balaban J connectivity index is 2.22. The second-order valence-corrected chi connectivity index (χ2v) is 3.85. The molecule has 2 rings (SSSR count). The molecule has 0 fully saturated rings. The fourth-order valence-corrected chi connectivity index (χ4v) is 1.80. The first-order chi connectivity index (χ1) is 7.25. The number of aromatic amines is 1. The first-order valence-electron chi connectivity index (χ1n) is 4.23. The summed E-state index contributed by atoms with van der Waals surface area (Å²) in [5.41, 5.74) is 5.82. The van der Waals surface area contributed by atoms with E-state index < -0.39 is 0 Å². The maximum absolute atomic E-state index is 7.26. The molecule has 0 radical (unpaired) electrons. The molecule has 0 aliphatic carbocycles. The molecule has 0 aromatic carbocycles. The third-order valence-electron chi connectivity index (χ3n) is 1.70. The number of nitrogens with zero attached hydrogens (tertiary/aromatic N) is 2. The van der Waals surface area contributed by atoms with E-state index in [1.807, 2.05) is 6.07 Å².